The Kier molecular flexibility index (Phi) is 5.63. The molecule has 0 bridgehead atoms. The first-order valence-electron chi connectivity index (χ1n) is 5.52. The number of nitrogens with one attached hydrogen (secondary N) is 1. The molecule has 0 atom stereocenters. The maximum atomic E-state index is 11.8. The normalized spacial score (nSPS) is 11.1. The number of amides is 1. The van der Waals surface area contributed by atoms with Gasteiger partial charge in [0.05, 0.1) is 19.9 Å². The zero-order valence-corrected chi connectivity index (χ0v) is 10.9. The fourth-order valence-electron chi connectivity index (χ4n) is 1.35. The van der Waals surface area contributed by atoms with Crippen LogP contribution in [0.1, 0.15) is 0 Å². The Labute approximate surface area is 113 Å². The fourth-order valence-corrected chi connectivity index (χ4v) is 1.35. The quantitative estimate of drug-likeness (QED) is 0.873. The van der Waals surface area contributed by atoms with E-state index in [-0.39, 0.29) is 0 Å². The van der Waals surface area contributed by atoms with Gasteiger partial charge in [-0.05, 0) is 12.1 Å². The summed E-state index contributed by atoms with van der Waals surface area (Å²) in [5.41, 5.74) is 0.314. The molecule has 0 spiro atoms. The number of methoxy groups -OCH3 is 2. The summed E-state index contributed by atoms with van der Waals surface area (Å²) in [6.45, 7) is -2.17. The van der Waals surface area contributed by atoms with Gasteiger partial charge in [0.1, 0.15) is 24.7 Å². The van der Waals surface area contributed by atoms with Crippen molar-refractivity contribution in [2.24, 2.45) is 0 Å². The first-order valence-corrected chi connectivity index (χ1v) is 5.52. The van der Waals surface area contributed by atoms with Crippen molar-refractivity contribution in [1.29, 1.82) is 0 Å². The van der Waals surface area contributed by atoms with E-state index in [0.717, 1.165) is 0 Å². The molecule has 0 saturated heterocycles. The highest BCUT2D eigenvalue weighted by Crippen LogP contribution is 2.28. The molecular formula is C12H14F3NO4. The van der Waals surface area contributed by atoms with Gasteiger partial charge in [0, 0.05) is 6.07 Å². The van der Waals surface area contributed by atoms with E-state index in [4.69, 9.17) is 9.47 Å². The summed E-state index contributed by atoms with van der Waals surface area (Å²) in [4.78, 5) is 11.4. The van der Waals surface area contributed by atoms with Crippen LogP contribution in [0.15, 0.2) is 18.2 Å². The largest absolute Gasteiger partial charge is 0.497 e. The molecule has 0 saturated carbocycles. The average Bonchev–Trinajstić information content (AvgIpc) is 2.37. The van der Waals surface area contributed by atoms with Crippen molar-refractivity contribution in [2.75, 3.05) is 32.8 Å². The van der Waals surface area contributed by atoms with Crippen molar-refractivity contribution in [3.63, 3.8) is 0 Å². The second kappa shape index (κ2) is 6.99. The van der Waals surface area contributed by atoms with Gasteiger partial charge in [-0.25, -0.2) is 0 Å². The number of rotatable bonds is 6. The van der Waals surface area contributed by atoms with Crippen molar-refractivity contribution in [3.05, 3.63) is 18.2 Å². The Morgan fingerprint density at radius 2 is 1.95 bits per heavy atom. The first-order chi connectivity index (χ1) is 9.35. The minimum absolute atomic E-state index is 0.314. The number of benzene rings is 1. The lowest BCUT2D eigenvalue weighted by Gasteiger charge is -2.12. The van der Waals surface area contributed by atoms with Crippen LogP contribution in [0.3, 0.4) is 0 Å². The fraction of sp³-hybridized carbons (Fsp3) is 0.417. The molecule has 0 unspecified atom stereocenters. The number of alkyl halides is 3. The van der Waals surface area contributed by atoms with E-state index in [9.17, 15) is 18.0 Å². The van der Waals surface area contributed by atoms with Crippen LogP contribution < -0.4 is 14.8 Å². The van der Waals surface area contributed by atoms with Crippen molar-refractivity contribution in [2.45, 2.75) is 6.18 Å². The van der Waals surface area contributed by atoms with Crippen LogP contribution in [0, 0.1) is 0 Å². The highest BCUT2D eigenvalue weighted by molar-refractivity contribution is 5.93. The lowest BCUT2D eigenvalue weighted by Crippen LogP contribution is -2.24. The highest BCUT2D eigenvalue weighted by Gasteiger charge is 2.27. The lowest BCUT2D eigenvalue weighted by atomic mass is 10.2. The molecule has 1 aromatic carbocycles. The zero-order chi connectivity index (χ0) is 15.2. The molecule has 112 valence electrons. The van der Waals surface area contributed by atoms with Gasteiger partial charge in [-0.1, -0.05) is 0 Å². The molecule has 0 aliphatic carbocycles. The smallest absolute Gasteiger partial charge is 0.411 e. The SMILES string of the molecule is COc1ccc(NC(=O)COCC(F)(F)F)c(OC)c1. The topological polar surface area (TPSA) is 56.8 Å². The second-order valence-corrected chi connectivity index (χ2v) is 3.72. The summed E-state index contributed by atoms with van der Waals surface area (Å²) >= 11 is 0. The molecule has 0 aliphatic rings. The molecule has 1 N–H and O–H groups in total. The molecule has 0 aliphatic heterocycles. The van der Waals surface area contributed by atoms with E-state index in [1.54, 1.807) is 6.07 Å². The van der Waals surface area contributed by atoms with E-state index in [1.807, 2.05) is 0 Å². The molecule has 0 aromatic heterocycles. The minimum Gasteiger partial charge on any atom is -0.497 e. The van der Waals surface area contributed by atoms with Crippen molar-refractivity contribution >= 4 is 11.6 Å². The van der Waals surface area contributed by atoms with Gasteiger partial charge >= 0.3 is 6.18 Å². The van der Waals surface area contributed by atoms with Gasteiger partial charge in [-0.15, -0.1) is 0 Å². The van der Waals surface area contributed by atoms with Crippen LogP contribution in [0.5, 0.6) is 11.5 Å². The number of hydrogen-bond donors (Lipinski definition) is 1. The van der Waals surface area contributed by atoms with E-state index in [1.165, 1.54) is 26.4 Å². The third-order valence-corrected chi connectivity index (χ3v) is 2.18. The summed E-state index contributed by atoms with van der Waals surface area (Å²) in [7, 11) is 2.86. The molecule has 1 aromatic rings. The van der Waals surface area contributed by atoms with Gasteiger partial charge in [0.15, 0.2) is 0 Å². The number of hydrogen-bond acceptors (Lipinski definition) is 4. The molecule has 1 amide bonds. The zero-order valence-electron chi connectivity index (χ0n) is 10.9. The predicted octanol–water partition coefficient (Wildman–Crippen LogP) is 2.22. The van der Waals surface area contributed by atoms with Gasteiger partial charge < -0.3 is 19.5 Å². The summed E-state index contributed by atoms with van der Waals surface area (Å²) < 4.78 is 49.8. The van der Waals surface area contributed by atoms with Gasteiger partial charge in [0.2, 0.25) is 5.91 Å². The number of halogens is 3. The third-order valence-electron chi connectivity index (χ3n) is 2.18. The number of carbonyl (C=O) groups is 1. The molecule has 8 heteroatoms. The van der Waals surface area contributed by atoms with Crippen LogP contribution in [-0.4, -0.2) is 39.5 Å². The van der Waals surface area contributed by atoms with Crippen LogP contribution in [0.25, 0.3) is 0 Å². The van der Waals surface area contributed by atoms with E-state index in [2.05, 4.69) is 10.1 Å². The van der Waals surface area contributed by atoms with Crippen LogP contribution >= 0.6 is 0 Å². The Morgan fingerprint density at radius 3 is 2.50 bits per heavy atom. The molecule has 1 rings (SSSR count). The van der Waals surface area contributed by atoms with E-state index >= 15 is 0 Å². The van der Waals surface area contributed by atoms with E-state index in [0.29, 0.717) is 17.2 Å². The van der Waals surface area contributed by atoms with Crippen LogP contribution in [-0.2, 0) is 9.53 Å². The van der Waals surface area contributed by atoms with Gasteiger partial charge in [-0.3, -0.25) is 4.79 Å². The Balaban J connectivity index is 2.57. The van der Waals surface area contributed by atoms with Crippen LogP contribution in [0.2, 0.25) is 0 Å². The Hall–Kier alpha value is -1.96. The molecule has 5 nitrogen and oxygen atoms in total. The predicted molar refractivity (Wildman–Crippen MR) is 65.0 cm³/mol. The minimum atomic E-state index is -4.46. The first kappa shape index (κ1) is 16.1. The maximum Gasteiger partial charge on any atom is 0.411 e. The number of carbonyl (C=O) groups excluding carboxylic acids is 1. The Bertz CT molecular complexity index is 463. The summed E-state index contributed by atoms with van der Waals surface area (Å²) in [6.07, 6.45) is -4.46. The number of ether oxygens (including phenoxy) is 3. The van der Waals surface area contributed by atoms with Gasteiger partial charge in [-0.2, -0.15) is 13.2 Å². The molecule has 0 heterocycles. The van der Waals surface area contributed by atoms with Crippen LogP contribution in [0.4, 0.5) is 18.9 Å². The van der Waals surface area contributed by atoms with Gasteiger partial charge in [0.25, 0.3) is 0 Å². The van der Waals surface area contributed by atoms with E-state index < -0.39 is 25.3 Å². The molecular weight excluding hydrogens is 279 g/mol. The summed E-state index contributed by atoms with van der Waals surface area (Å²) in [6, 6.07) is 4.63. The van der Waals surface area contributed by atoms with Crippen molar-refractivity contribution < 1.29 is 32.2 Å². The second-order valence-electron chi connectivity index (χ2n) is 3.72. The molecule has 20 heavy (non-hydrogen) atoms. The summed E-state index contributed by atoms with van der Waals surface area (Å²) in [5.74, 6) is 0.138. The Morgan fingerprint density at radius 1 is 1.25 bits per heavy atom. The maximum absolute atomic E-state index is 11.8. The number of anilines is 1. The lowest BCUT2D eigenvalue weighted by molar-refractivity contribution is -0.174. The highest BCUT2D eigenvalue weighted by atomic mass is 19.4. The van der Waals surface area contributed by atoms with Crippen molar-refractivity contribution in [1.82, 2.24) is 0 Å². The standard InChI is InChI=1S/C12H14F3NO4/c1-18-8-3-4-9(10(5-8)19-2)16-11(17)6-20-7-12(13,14)15/h3-5H,6-7H2,1-2H3,(H,16,17). The molecule has 0 fully saturated rings. The molecule has 0 radical (unpaired) electrons. The van der Waals surface area contributed by atoms with Crippen molar-refractivity contribution in [3.8, 4) is 11.5 Å². The monoisotopic (exact) mass is 293 g/mol. The average molecular weight is 293 g/mol. The third kappa shape index (κ3) is 5.35. The summed E-state index contributed by atoms with van der Waals surface area (Å²) in [5, 5.41) is 2.39.